The Labute approximate surface area is 748 Å². The Kier molecular flexibility index (Phi) is 38.8. The fourth-order valence-electron chi connectivity index (χ4n) is 11.0. The highest BCUT2D eigenvalue weighted by Crippen LogP contribution is 2.36. The summed E-state index contributed by atoms with van der Waals surface area (Å²) < 4.78 is 34.8. The summed E-state index contributed by atoms with van der Waals surface area (Å²) in [5.41, 5.74) is 33.3. The molecule has 0 aliphatic carbocycles. The molecule has 32 heteroatoms. The predicted molar refractivity (Wildman–Crippen MR) is 498 cm³/mol. The predicted octanol–water partition coefficient (Wildman–Crippen LogP) is 20.1. The van der Waals surface area contributed by atoms with Gasteiger partial charge in [-0.25, -0.2) is 33.6 Å². The Morgan fingerprint density at radius 2 is 0.560 bits per heavy atom. The molecule has 11 N–H and O–H groups in total. The molecule has 0 unspecified atom stereocenters. The van der Waals surface area contributed by atoms with Gasteiger partial charge in [0.25, 0.3) is 11.4 Å². The van der Waals surface area contributed by atoms with E-state index in [2.05, 4.69) is 58.6 Å². The van der Waals surface area contributed by atoms with Crippen LogP contribution < -0.4 is 43.8 Å². The van der Waals surface area contributed by atoms with E-state index in [1.807, 2.05) is 159 Å². The van der Waals surface area contributed by atoms with Crippen LogP contribution >= 0.6 is 45.2 Å². The van der Waals surface area contributed by atoms with Crippen LogP contribution in [0.1, 0.15) is 111 Å². The molecule has 0 radical (unpaired) electrons. The zero-order chi connectivity index (χ0) is 92.0. The van der Waals surface area contributed by atoms with Gasteiger partial charge < -0.3 is 76.9 Å². The molecule has 0 aliphatic rings. The SMILES string of the molecule is COC(=O)c1cc(C#N)ccc1I.COC(=O)c1ccccc1I.COC(=O)c1ccccc1Nc1ccc(C)cc1N.COC(=O)c1ccccc1Nc1ccc(C)cc1N.COC(=O)c1ccccc1Nc1ccc(C)cc1Nc1ccc(C#N)cc1C(=O)OC.COC(=O)c1ccccc1Nc1ccc(C)cc1[N+](=O)[O-].Cc1ccc(N)c([N+](=O)[O-])c1. The highest BCUT2D eigenvalue weighted by Gasteiger charge is 2.22. The number of nitrogens with two attached hydrogens (primary N) is 3. The van der Waals surface area contributed by atoms with Crippen LogP contribution in [-0.2, 0) is 33.2 Å². The quantitative estimate of drug-likeness (QED) is 0.00930. The molecular weight excluding hydrogens is 1830 g/mol. The summed E-state index contributed by atoms with van der Waals surface area (Å²) in [5, 5.41) is 54.9. The number of carbonyl (C=O) groups is 7. The number of aryl methyl sites for hydroxylation is 5. The molecule has 0 spiro atoms. The minimum Gasteiger partial charge on any atom is -0.465 e. The standard InChI is InChI=1S/C24H21N3O4.C15H14N2O4.2C15H16N2O2.C9H6INO2.C8H7IO2.C7H8N2O2/c1-15-8-10-21(26-19-7-5-4-6-17(19)23(28)30-2)22(12-15)27-20-11-9-16(14-25)13-18(20)24(29)31-3;1-10-7-8-13(14(9-10)17(19)20)16-12-6-4-3-5-11(12)15(18)21-2;2*1-10-7-8-14(12(16)9-10)17-13-6-4-3-5-11(13)15(18)19-2;1-13-9(12)7-4-6(5-11)2-3-8(7)10;1-11-8(10)6-4-2-3-5-7(6)9;1-5-2-3-6(8)7(4-5)9(10)11/h4-13,26-27H,1-3H3;3-9,16H,1-2H3;2*3-9,17H,16H2,1-2H3;2-4H,1H3;2-5H,1H3;2-4H,8H2,1H3. The summed E-state index contributed by atoms with van der Waals surface area (Å²) in [6.45, 7) is 9.45. The Bertz CT molecular complexity index is 5890. The monoisotopic (exact) mass is 1910 g/mol. The summed E-state index contributed by atoms with van der Waals surface area (Å²) >= 11 is 4.12. The number of nitro groups is 2. The number of halogens is 2. The number of nitrogen functional groups attached to an aromatic ring is 3. The van der Waals surface area contributed by atoms with Crippen molar-refractivity contribution < 1.29 is 76.6 Å². The maximum Gasteiger partial charge on any atom is 0.340 e. The Balaban J connectivity index is 0.000000232. The fourth-order valence-corrected chi connectivity index (χ4v) is 12.2. The van der Waals surface area contributed by atoms with Crippen molar-refractivity contribution in [3.05, 3.63) is 354 Å². The third-order valence-electron chi connectivity index (χ3n) is 17.3. The minimum atomic E-state index is -0.558. The van der Waals surface area contributed by atoms with Gasteiger partial charge in [0.2, 0.25) is 0 Å². The van der Waals surface area contributed by atoms with Crippen LogP contribution in [0.4, 0.5) is 85.3 Å². The molecule has 0 heterocycles. The van der Waals surface area contributed by atoms with Crippen LogP contribution in [-0.4, -0.2) is 101 Å². The van der Waals surface area contributed by atoms with Crippen LogP contribution in [0.15, 0.2) is 249 Å². The van der Waals surface area contributed by atoms with Crippen molar-refractivity contribution in [3.8, 4) is 12.1 Å². The number of hydrogen-bond donors (Lipinski definition) is 8. The second-order valence-corrected chi connectivity index (χ2v) is 28.6. The van der Waals surface area contributed by atoms with E-state index in [1.165, 1.54) is 80.1 Å². The van der Waals surface area contributed by atoms with Gasteiger partial charge in [-0.15, -0.1) is 0 Å². The lowest BCUT2D eigenvalue weighted by molar-refractivity contribution is -0.384. The third kappa shape index (κ3) is 29.5. The Morgan fingerprint density at radius 3 is 0.944 bits per heavy atom. The highest BCUT2D eigenvalue weighted by molar-refractivity contribution is 14.1. The molecular formula is C93H88I2N12O18. The van der Waals surface area contributed by atoms with Gasteiger partial charge in [-0.3, -0.25) is 20.2 Å². The molecule has 0 fully saturated rings. The molecule has 12 aromatic rings. The number of esters is 7. The number of benzene rings is 12. The molecule has 0 aromatic heterocycles. The van der Waals surface area contributed by atoms with Gasteiger partial charge >= 0.3 is 41.8 Å². The molecule has 125 heavy (non-hydrogen) atoms. The van der Waals surface area contributed by atoms with Crippen LogP contribution in [0.3, 0.4) is 0 Å². The number of anilines is 13. The first kappa shape index (κ1) is 98.4. The van der Waals surface area contributed by atoms with Gasteiger partial charge in [-0.1, -0.05) is 91.0 Å². The van der Waals surface area contributed by atoms with Gasteiger partial charge in [0.1, 0.15) is 11.4 Å². The number of nitrogens with one attached hydrogen (secondary N) is 5. The van der Waals surface area contributed by atoms with Crippen molar-refractivity contribution >= 4 is 172 Å². The Hall–Kier alpha value is -15.4. The van der Waals surface area contributed by atoms with Crippen molar-refractivity contribution in [1.82, 2.24) is 0 Å². The van der Waals surface area contributed by atoms with Gasteiger partial charge in [0, 0.05) is 19.3 Å². The number of carbonyl (C=O) groups excluding carboxylic acids is 7. The summed E-state index contributed by atoms with van der Waals surface area (Å²) in [5.74, 6) is -2.98. The normalized spacial score (nSPS) is 9.79. The fraction of sp³-hybridized carbons (Fsp3) is 0.129. The maximum atomic E-state index is 12.2. The maximum absolute atomic E-state index is 12.2. The topological polar surface area (TPSA) is 456 Å². The van der Waals surface area contributed by atoms with Gasteiger partial charge in [-0.2, -0.15) is 10.5 Å². The first-order valence-electron chi connectivity index (χ1n) is 37.1. The van der Waals surface area contributed by atoms with E-state index in [-0.39, 0.29) is 40.5 Å². The lowest BCUT2D eigenvalue weighted by Crippen LogP contribution is -2.08. The molecule has 0 aliphatic heterocycles. The van der Waals surface area contributed by atoms with Gasteiger partial charge in [-0.05, 0) is 253 Å². The highest BCUT2D eigenvalue weighted by atomic mass is 127. The average molecular weight is 1920 g/mol. The number of hydrogen-bond acceptors (Lipinski definition) is 28. The number of nitro benzene ring substituents is 2. The van der Waals surface area contributed by atoms with Crippen LogP contribution in [0.2, 0.25) is 0 Å². The van der Waals surface area contributed by atoms with Gasteiger partial charge in [0.15, 0.2) is 0 Å². The molecule has 0 amide bonds. The van der Waals surface area contributed by atoms with Crippen molar-refractivity contribution in [2.45, 2.75) is 34.6 Å². The van der Waals surface area contributed by atoms with Crippen LogP contribution in [0.25, 0.3) is 0 Å². The lowest BCUT2D eigenvalue weighted by Gasteiger charge is -2.18. The van der Waals surface area contributed by atoms with Crippen LogP contribution in [0.5, 0.6) is 0 Å². The lowest BCUT2D eigenvalue weighted by atomic mass is 10.1. The van der Waals surface area contributed by atoms with Crippen LogP contribution in [0, 0.1) is 84.6 Å². The van der Waals surface area contributed by atoms with E-state index in [0.29, 0.717) is 101 Å². The average Bonchev–Trinajstić information content (AvgIpc) is 0.819. The van der Waals surface area contributed by atoms with E-state index in [1.54, 1.807) is 129 Å². The first-order chi connectivity index (χ1) is 59.8. The number of nitriles is 2. The van der Waals surface area contributed by atoms with E-state index < -0.39 is 33.7 Å². The molecule has 30 nitrogen and oxygen atoms in total. The molecule has 0 saturated carbocycles. The molecule has 12 rings (SSSR count). The number of para-hydroxylation sites is 4. The van der Waals surface area contributed by atoms with E-state index in [0.717, 1.165) is 46.3 Å². The van der Waals surface area contributed by atoms with Crippen molar-refractivity contribution in [2.75, 3.05) is 93.6 Å². The largest absolute Gasteiger partial charge is 0.465 e. The second kappa shape index (κ2) is 49.3. The van der Waals surface area contributed by atoms with E-state index >= 15 is 0 Å². The van der Waals surface area contributed by atoms with E-state index in [4.69, 9.17) is 51.4 Å². The molecule has 12 aromatic carbocycles. The third-order valence-corrected chi connectivity index (χ3v) is 19.2. The van der Waals surface area contributed by atoms with Crippen molar-refractivity contribution in [1.29, 1.82) is 10.5 Å². The second-order valence-electron chi connectivity index (χ2n) is 26.2. The molecule has 0 atom stereocenters. The Morgan fingerprint density at radius 1 is 0.288 bits per heavy atom. The van der Waals surface area contributed by atoms with Gasteiger partial charge in [0.05, 0.1) is 184 Å². The first-order valence-corrected chi connectivity index (χ1v) is 39.3. The number of ether oxygens (including phenoxy) is 7. The summed E-state index contributed by atoms with van der Waals surface area (Å²) in [4.78, 5) is 102. The summed E-state index contributed by atoms with van der Waals surface area (Å²) in [6, 6.07) is 75.7. The van der Waals surface area contributed by atoms with Crippen molar-refractivity contribution in [3.63, 3.8) is 0 Å². The zero-order valence-electron chi connectivity index (χ0n) is 69.8. The number of nitrogens with zero attached hydrogens (tertiary/aromatic N) is 4. The zero-order valence-corrected chi connectivity index (χ0v) is 74.1. The number of methoxy groups -OCH3 is 7. The molecule has 0 bridgehead atoms. The number of rotatable bonds is 19. The summed E-state index contributed by atoms with van der Waals surface area (Å²) in [7, 11) is 9.32. The minimum absolute atomic E-state index is 0.0231. The molecule has 642 valence electrons. The van der Waals surface area contributed by atoms with E-state index in [9.17, 15) is 53.8 Å². The molecule has 0 saturated heterocycles. The van der Waals surface area contributed by atoms with Crippen molar-refractivity contribution in [2.24, 2.45) is 0 Å². The smallest absolute Gasteiger partial charge is 0.340 e. The summed E-state index contributed by atoms with van der Waals surface area (Å²) in [6.07, 6.45) is 0.